The van der Waals surface area contributed by atoms with Crippen molar-refractivity contribution in [3.8, 4) is 45.5 Å². The fraction of sp³-hybridized carbons (Fsp3) is 0. The van der Waals surface area contributed by atoms with E-state index in [-0.39, 0.29) is 0 Å². The minimum atomic E-state index is 0.615. The van der Waals surface area contributed by atoms with E-state index in [1.807, 2.05) is 18.2 Å². The van der Waals surface area contributed by atoms with Crippen LogP contribution in [0, 0.1) is 0 Å². The maximum absolute atomic E-state index is 5.25. The van der Waals surface area contributed by atoms with Crippen LogP contribution in [0.25, 0.3) is 132 Å². The second-order valence-corrected chi connectivity index (χ2v) is 17.2. The molecule has 14 rings (SSSR count). The van der Waals surface area contributed by atoms with Gasteiger partial charge in [0.15, 0.2) is 17.5 Å². The highest BCUT2D eigenvalue weighted by Gasteiger charge is 2.23. The molecular weight excluding hydrogens is 803 g/mol. The average molecular weight is 840 g/mol. The van der Waals surface area contributed by atoms with Crippen molar-refractivity contribution in [1.82, 2.24) is 24.1 Å². The first-order valence-corrected chi connectivity index (χ1v) is 22.4. The van der Waals surface area contributed by atoms with E-state index in [2.05, 4.69) is 215 Å². The highest BCUT2D eigenvalue weighted by molar-refractivity contribution is 6.23. The van der Waals surface area contributed by atoms with E-state index >= 15 is 0 Å². The van der Waals surface area contributed by atoms with Crippen molar-refractivity contribution < 1.29 is 0 Å². The second-order valence-electron chi connectivity index (χ2n) is 17.2. The Labute approximate surface area is 379 Å². The number of benzene rings is 11. The van der Waals surface area contributed by atoms with E-state index in [0.29, 0.717) is 17.5 Å². The maximum Gasteiger partial charge on any atom is 0.164 e. The van der Waals surface area contributed by atoms with Crippen LogP contribution in [0.2, 0.25) is 0 Å². The topological polar surface area (TPSA) is 48.5 Å². The van der Waals surface area contributed by atoms with E-state index < -0.39 is 0 Å². The van der Waals surface area contributed by atoms with Crippen molar-refractivity contribution in [2.24, 2.45) is 0 Å². The predicted octanol–water partition coefficient (Wildman–Crippen LogP) is 15.7. The van der Waals surface area contributed by atoms with Crippen LogP contribution in [0.1, 0.15) is 0 Å². The van der Waals surface area contributed by atoms with Gasteiger partial charge < -0.3 is 9.13 Å². The average Bonchev–Trinajstić information content (AvgIpc) is 3.89. The fourth-order valence-electron chi connectivity index (χ4n) is 10.5. The van der Waals surface area contributed by atoms with Crippen LogP contribution in [0.5, 0.6) is 0 Å². The van der Waals surface area contributed by atoms with Crippen LogP contribution < -0.4 is 0 Å². The van der Waals surface area contributed by atoms with Gasteiger partial charge in [0.1, 0.15) is 0 Å². The standard InChI is InChI=1S/C61H37N5/c1-2-16-39(17-3-1)59-62-60(64-61(63-59)45-31-32-48-43(33-45)30-29-38-15-6-8-23-47(38)48)44-21-14-22-46(34-44)65-54-28-13-11-26-51(54)57-56(65)37-42-20-7-9-24-49(42)58(57)66-53-27-12-10-25-50(53)52-35-40-18-4-5-19-41(40)36-55(52)66/h1-37H. The van der Waals surface area contributed by atoms with E-state index in [1.54, 1.807) is 0 Å². The first kappa shape index (κ1) is 36.5. The Morgan fingerprint density at radius 1 is 0.258 bits per heavy atom. The van der Waals surface area contributed by atoms with Gasteiger partial charge in [-0.25, -0.2) is 15.0 Å². The zero-order valence-corrected chi connectivity index (χ0v) is 35.6. The van der Waals surface area contributed by atoms with Crippen LogP contribution in [0.4, 0.5) is 0 Å². The van der Waals surface area contributed by atoms with Gasteiger partial charge in [0.25, 0.3) is 0 Å². The molecule has 0 unspecified atom stereocenters. The predicted molar refractivity (Wildman–Crippen MR) is 275 cm³/mol. The van der Waals surface area contributed by atoms with Crippen LogP contribution in [-0.4, -0.2) is 24.1 Å². The maximum atomic E-state index is 5.25. The molecule has 306 valence electrons. The number of rotatable bonds is 5. The highest BCUT2D eigenvalue weighted by atomic mass is 15.0. The zero-order valence-electron chi connectivity index (χ0n) is 35.6. The molecule has 0 bridgehead atoms. The summed E-state index contributed by atoms with van der Waals surface area (Å²) >= 11 is 0. The van der Waals surface area contributed by atoms with Gasteiger partial charge in [0, 0.05) is 49.3 Å². The van der Waals surface area contributed by atoms with Gasteiger partial charge in [-0.15, -0.1) is 0 Å². The summed E-state index contributed by atoms with van der Waals surface area (Å²) in [7, 11) is 0. The number of para-hydroxylation sites is 2. The van der Waals surface area contributed by atoms with Crippen molar-refractivity contribution in [2.75, 3.05) is 0 Å². The minimum absolute atomic E-state index is 0.615. The van der Waals surface area contributed by atoms with Gasteiger partial charge in [-0.2, -0.15) is 0 Å². The summed E-state index contributed by atoms with van der Waals surface area (Å²) in [5.74, 6) is 1.88. The summed E-state index contributed by atoms with van der Waals surface area (Å²) in [6.07, 6.45) is 0. The van der Waals surface area contributed by atoms with Crippen molar-refractivity contribution in [3.63, 3.8) is 0 Å². The van der Waals surface area contributed by atoms with Crippen LogP contribution in [0.3, 0.4) is 0 Å². The van der Waals surface area contributed by atoms with E-state index in [1.165, 1.54) is 76.0 Å². The lowest BCUT2D eigenvalue weighted by atomic mass is 10.00. The third-order valence-corrected chi connectivity index (χ3v) is 13.5. The van der Waals surface area contributed by atoms with E-state index in [9.17, 15) is 0 Å². The van der Waals surface area contributed by atoms with Crippen LogP contribution in [-0.2, 0) is 0 Å². The summed E-state index contributed by atoms with van der Waals surface area (Å²) in [4.78, 5) is 15.5. The number of hydrogen-bond acceptors (Lipinski definition) is 3. The van der Waals surface area contributed by atoms with Crippen LogP contribution in [0.15, 0.2) is 224 Å². The van der Waals surface area contributed by atoms with Gasteiger partial charge in [-0.1, -0.05) is 176 Å². The third kappa shape index (κ3) is 5.57. The smallest absolute Gasteiger partial charge is 0.164 e. The number of fused-ring (bicyclic) bond motifs is 11. The quantitative estimate of drug-likeness (QED) is 0.162. The molecule has 0 aliphatic carbocycles. The monoisotopic (exact) mass is 839 g/mol. The Hall–Kier alpha value is -8.93. The number of hydrogen-bond donors (Lipinski definition) is 0. The fourth-order valence-corrected chi connectivity index (χ4v) is 10.5. The molecule has 0 N–H and O–H groups in total. The molecule has 0 amide bonds. The first-order valence-electron chi connectivity index (χ1n) is 22.4. The normalized spacial score (nSPS) is 11.9. The lowest BCUT2D eigenvalue weighted by Gasteiger charge is -2.16. The molecule has 0 radical (unpaired) electrons. The van der Waals surface area contributed by atoms with Crippen molar-refractivity contribution >= 4 is 86.7 Å². The van der Waals surface area contributed by atoms with Crippen molar-refractivity contribution in [1.29, 1.82) is 0 Å². The molecule has 0 aliphatic heterocycles. The zero-order chi connectivity index (χ0) is 43.3. The molecule has 0 saturated heterocycles. The second kappa shape index (κ2) is 14.3. The van der Waals surface area contributed by atoms with Gasteiger partial charge in [-0.05, 0) is 86.2 Å². The Morgan fingerprint density at radius 3 is 1.58 bits per heavy atom. The Balaban J connectivity index is 1.01. The summed E-state index contributed by atoms with van der Waals surface area (Å²) in [6.45, 7) is 0. The Kier molecular flexibility index (Phi) is 7.91. The van der Waals surface area contributed by atoms with Gasteiger partial charge >= 0.3 is 0 Å². The molecule has 14 aromatic rings. The summed E-state index contributed by atoms with van der Waals surface area (Å²) in [6, 6.07) is 80.6. The van der Waals surface area contributed by atoms with E-state index in [0.717, 1.165) is 38.8 Å². The lowest BCUT2D eigenvalue weighted by molar-refractivity contribution is 1.07. The van der Waals surface area contributed by atoms with Crippen molar-refractivity contribution in [3.05, 3.63) is 224 Å². The molecule has 0 aliphatic rings. The van der Waals surface area contributed by atoms with Gasteiger partial charge in [0.05, 0.1) is 27.8 Å². The molecule has 3 heterocycles. The van der Waals surface area contributed by atoms with Gasteiger partial charge in [0.2, 0.25) is 0 Å². The third-order valence-electron chi connectivity index (χ3n) is 13.5. The van der Waals surface area contributed by atoms with Gasteiger partial charge in [-0.3, -0.25) is 0 Å². The van der Waals surface area contributed by atoms with Crippen LogP contribution >= 0.6 is 0 Å². The van der Waals surface area contributed by atoms with Crippen molar-refractivity contribution in [2.45, 2.75) is 0 Å². The molecule has 5 heteroatoms. The first-order chi connectivity index (χ1) is 32.7. The Bertz CT molecular complexity index is 4290. The summed E-state index contributed by atoms with van der Waals surface area (Å²) in [5, 5.41) is 14.5. The van der Waals surface area contributed by atoms with E-state index in [4.69, 9.17) is 15.0 Å². The minimum Gasteiger partial charge on any atom is -0.309 e. The molecule has 0 spiro atoms. The largest absolute Gasteiger partial charge is 0.309 e. The summed E-state index contributed by atoms with van der Waals surface area (Å²) in [5.41, 5.74) is 9.59. The molecular formula is C61H37N5. The molecule has 11 aromatic carbocycles. The molecule has 0 fully saturated rings. The highest BCUT2D eigenvalue weighted by Crippen LogP contribution is 2.44. The number of nitrogens with zero attached hydrogens (tertiary/aromatic N) is 5. The molecule has 5 nitrogen and oxygen atoms in total. The molecule has 0 saturated carbocycles. The lowest BCUT2D eigenvalue weighted by Crippen LogP contribution is -2.01. The Morgan fingerprint density at radius 2 is 0.788 bits per heavy atom. The number of aromatic nitrogens is 5. The summed E-state index contributed by atoms with van der Waals surface area (Å²) < 4.78 is 4.93. The molecule has 66 heavy (non-hydrogen) atoms. The molecule has 0 atom stereocenters. The molecule has 3 aromatic heterocycles. The SMILES string of the molecule is c1ccc(-c2nc(-c3cccc(-n4c5ccccc5c5c(-n6c7ccccc7c7cc8ccccc8cc76)c6ccccc6cc54)c3)nc(-c3ccc4c(ccc5ccccc54)c3)n2)cc1.